The van der Waals surface area contributed by atoms with Crippen molar-refractivity contribution in [3.05, 3.63) is 99.5 Å². The van der Waals surface area contributed by atoms with E-state index in [4.69, 9.17) is 4.74 Å². The van der Waals surface area contributed by atoms with Crippen LogP contribution in [-0.4, -0.2) is 16.2 Å². The van der Waals surface area contributed by atoms with Gasteiger partial charge < -0.3 is 4.74 Å². The molecule has 6 nitrogen and oxygen atoms in total. The number of nitrogens with one attached hydrogen (secondary N) is 2. The number of hydrogen-bond donors (Lipinski definition) is 2. The molecule has 4 aromatic rings. The Bertz CT molecular complexity index is 1310. The van der Waals surface area contributed by atoms with Crippen LogP contribution in [0.25, 0.3) is 10.8 Å². The molecule has 0 saturated carbocycles. The molecule has 3 aromatic carbocycles. The van der Waals surface area contributed by atoms with Crippen molar-refractivity contribution in [2.75, 3.05) is 5.43 Å². The fourth-order valence-corrected chi connectivity index (χ4v) is 3.57. The molecule has 0 aliphatic carbocycles. The van der Waals surface area contributed by atoms with Gasteiger partial charge in [0.1, 0.15) is 12.4 Å². The zero-order valence-electron chi connectivity index (χ0n) is 18.3. The Hall–Kier alpha value is -3.93. The quantitative estimate of drug-likeness (QED) is 0.299. The number of aryl methyl sites for hydroxylation is 2. The lowest BCUT2D eigenvalue weighted by Gasteiger charge is -2.13. The summed E-state index contributed by atoms with van der Waals surface area (Å²) in [7, 11) is 0. The third kappa shape index (κ3) is 5.03. The molecule has 6 heteroatoms. The predicted octanol–water partition coefficient (Wildman–Crippen LogP) is 5.21. The van der Waals surface area contributed by atoms with E-state index in [1.165, 1.54) is 11.6 Å². The van der Waals surface area contributed by atoms with E-state index in [0.717, 1.165) is 46.2 Å². The van der Waals surface area contributed by atoms with Crippen molar-refractivity contribution in [1.29, 1.82) is 0 Å². The van der Waals surface area contributed by atoms with Crippen LogP contribution in [0.2, 0.25) is 0 Å². The minimum Gasteiger partial charge on any atom is -0.488 e. The van der Waals surface area contributed by atoms with Crippen LogP contribution in [0.1, 0.15) is 35.7 Å². The standard InChI is InChI=1S/C26H26N4O2/c1-3-8-21-15-25(31)29-26(28-21)30-27-16-23-22-12-7-6-10-19(22)13-14-24(23)32-17-20-11-5-4-9-18(20)2/h4-7,9-16H,3,8,17H2,1-2H3,(H2,28,29,30,31)/b27-16+. The molecule has 0 bridgehead atoms. The summed E-state index contributed by atoms with van der Waals surface area (Å²) in [6, 6.07) is 21.8. The normalized spacial score (nSPS) is 11.2. The molecule has 0 atom stereocenters. The summed E-state index contributed by atoms with van der Waals surface area (Å²) in [6.07, 6.45) is 3.36. The maximum Gasteiger partial charge on any atom is 0.252 e. The van der Waals surface area contributed by atoms with Gasteiger partial charge in [0.05, 0.1) is 6.21 Å². The summed E-state index contributed by atoms with van der Waals surface area (Å²) in [4.78, 5) is 19.0. The Labute approximate surface area is 187 Å². The van der Waals surface area contributed by atoms with E-state index in [1.54, 1.807) is 6.21 Å². The number of hydrazone groups is 1. The first-order valence-corrected chi connectivity index (χ1v) is 10.7. The maximum absolute atomic E-state index is 11.9. The van der Waals surface area contributed by atoms with Crippen LogP contribution in [-0.2, 0) is 13.0 Å². The van der Waals surface area contributed by atoms with Gasteiger partial charge in [0.2, 0.25) is 5.95 Å². The Morgan fingerprint density at radius 2 is 1.91 bits per heavy atom. The van der Waals surface area contributed by atoms with Crippen LogP contribution in [0.15, 0.2) is 76.6 Å². The maximum atomic E-state index is 11.9. The number of nitrogens with zero attached hydrogens (tertiary/aromatic N) is 2. The highest BCUT2D eigenvalue weighted by molar-refractivity contribution is 6.02. The molecule has 0 radical (unpaired) electrons. The molecule has 0 fully saturated rings. The van der Waals surface area contributed by atoms with Gasteiger partial charge in [-0.1, -0.05) is 67.9 Å². The van der Waals surface area contributed by atoms with Crippen molar-refractivity contribution in [2.24, 2.45) is 5.10 Å². The van der Waals surface area contributed by atoms with Crippen molar-refractivity contribution in [3.63, 3.8) is 0 Å². The molecule has 0 aliphatic rings. The fraction of sp³-hybridized carbons (Fsp3) is 0.192. The van der Waals surface area contributed by atoms with E-state index in [2.05, 4.69) is 45.6 Å². The first-order valence-electron chi connectivity index (χ1n) is 10.7. The lowest BCUT2D eigenvalue weighted by molar-refractivity contribution is 0.305. The van der Waals surface area contributed by atoms with Gasteiger partial charge in [-0.3, -0.25) is 9.78 Å². The monoisotopic (exact) mass is 426 g/mol. The SMILES string of the molecule is CCCc1cc(=O)[nH]c(N/N=C/c2c(OCc3ccccc3C)ccc3ccccc23)n1. The second-order valence-corrected chi connectivity index (χ2v) is 7.62. The van der Waals surface area contributed by atoms with Gasteiger partial charge >= 0.3 is 0 Å². The molecule has 4 rings (SSSR count). The minimum absolute atomic E-state index is 0.200. The van der Waals surface area contributed by atoms with Crippen molar-refractivity contribution in [2.45, 2.75) is 33.3 Å². The van der Waals surface area contributed by atoms with Crippen LogP contribution >= 0.6 is 0 Å². The Kier molecular flexibility index (Phi) is 6.60. The van der Waals surface area contributed by atoms with E-state index < -0.39 is 0 Å². The Morgan fingerprint density at radius 3 is 2.75 bits per heavy atom. The number of benzene rings is 3. The Morgan fingerprint density at radius 1 is 1.09 bits per heavy atom. The summed E-state index contributed by atoms with van der Waals surface area (Å²) in [5.41, 5.74) is 6.57. The van der Waals surface area contributed by atoms with E-state index in [-0.39, 0.29) is 5.56 Å². The van der Waals surface area contributed by atoms with E-state index in [9.17, 15) is 4.79 Å². The molecule has 0 saturated heterocycles. The Balaban J connectivity index is 1.62. The van der Waals surface area contributed by atoms with Crippen LogP contribution in [0, 0.1) is 6.92 Å². The highest BCUT2D eigenvalue weighted by atomic mass is 16.5. The molecule has 0 unspecified atom stereocenters. The molecule has 0 amide bonds. The summed E-state index contributed by atoms with van der Waals surface area (Å²) in [5.74, 6) is 1.05. The summed E-state index contributed by atoms with van der Waals surface area (Å²) < 4.78 is 6.19. The molecule has 1 heterocycles. The van der Waals surface area contributed by atoms with Crippen LogP contribution in [0.5, 0.6) is 5.75 Å². The minimum atomic E-state index is -0.200. The third-order valence-corrected chi connectivity index (χ3v) is 5.24. The van der Waals surface area contributed by atoms with Gasteiger partial charge in [-0.25, -0.2) is 10.4 Å². The van der Waals surface area contributed by atoms with Gasteiger partial charge in [-0.05, 0) is 41.3 Å². The van der Waals surface area contributed by atoms with Crippen molar-refractivity contribution >= 4 is 22.9 Å². The predicted molar refractivity (Wildman–Crippen MR) is 130 cm³/mol. The van der Waals surface area contributed by atoms with E-state index in [1.807, 2.05) is 49.4 Å². The zero-order chi connectivity index (χ0) is 22.3. The number of fused-ring (bicyclic) bond motifs is 1. The molecule has 1 aromatic heterocycles. The van der Waals surface area contributed by atoms with Gasteiger partial charge in [-0.15, -0.1) is 0 Å². The highest BCUT2D eigenvalue weighted by Gasteiger charge is 2.09. The van der Waals surface area contributed by atoms with E-state index in [0.29, 0.717) is 12.6 Å². The summed E-state index contributed by atoms with van der Waals surface area (Å²) >= 11 is 0. The third-order valence-electron chi connectivity index (χ3n) is 5.24. The molecule has 162 valence electrons. The van der Waals surface area contributed by atoms with Gasteiger partial charge in [0.25, 0.3) is 5.56 Å². The largest absolute Gasteiger partial charge is 0.488 e. The van der Waals surface area contributed by atoms with Crippen molar-refractivity contribution in [1.82, 2.24) is 9.97 Å². The molecule has 32 heavy (non-hydrogen) atoms. The smallest absolute Gasteiger partial charge is 0.252 e. The number of H-pyrrole nitrogens is 1. The van der Waals surface area contributed by atoms with Gasteiger partial charge in [0.15, 0.2) is 0 Å². The van der Waals surface area contributed by atoms with Gasteiger partial charge in [0, 0.05) is 17.3 Å². The average molecular weight is 427 g/mol. The van der Waals surface area contributed by atoms with Crippen LogP contribution < -0.4 is 15.7 Å². The number of aromatic nitrogens is 2. The van der Waals surface area contributed by atoms with Crippen molar-refractivity contribution in [3.8, 4) is 5.75 Å². The first kappa shape index (κ1) is 21.3. The number of hydrogen-bond acceptors (Lipinski definition) is 5. The molecule has 2 N–H and O–H groups in total. The lowest BCUT2D eigenvalue weighted by atomic mass is 10.0. The number of anilines is 1. The number of rotatable bonds is 8. The lowest BCUT2D eigenvalue weighted by Crippen LogP contribution is -2.12. The van der Waals surface area contributed by atoms with Crippen LogP contribution in [0.4, 0.5) is 5.95 Å². The molecule has 0 aliphatic heterocycles. The molecular formula is C26H26N4O2. The summed E-state index contributed by atoms with van der Waals surface area (Å²) in [5, 5.41) is 6.47. The average Bonchev–Trinajstić information content (AvgIpc) is 2.79. The first-order chi connectivity index (χ1) is 15.6. The number of aromatic amines is 1. The summed E-state index contributed by atoms with van der Waals surface area (Å²) in [6.45, 7) is 4.59. The van der Waals surface area contributed by atoms with Crippen LogP contribution in [0.3, 0.4) is 0 Å². The second kappa shape index (κ2) is 9.92. The fourth-order valence-electron chi connectivity index (χ4n) is 3.57. The second-order valence-electron chi connectivity index (χ2n) is 7.62. The van der Waals surface area contributed by atoms with E-state index >= 15 is 0 Å². The zero-order valence-corrected chi connectivity index (χ0v) is 18.3. The number of ether oxygens (including phenoxy) is 1. The highest BCUT2D eigenvalue weighted by Crippen LogP contribution is 2.27. The van der Waals surface area contributed by atoms with Crippen molar-refractivity contribution < 1.29 is 4.74 Å². The molecule has 0 spiro atoms. The molecular weight excluding hydrogens is 400 g/mol. The van der Waals surface area contributed by atoms with Gasteiger partial charge in [-0.2, -0.15) is 5.10 Å². The topological polar surface area (TPSA) is 79.4 Å².